The Morgan fingerprint density at radius 3 is 2.44 bits per heavy atom. The first-order valence-corrected chi connectivity index (χ1v) is 9.99. The first-order chi connectivity index (χ1) is 12.0. The molecule has 2 aromatic carbocycles. The van der Waals surface area contributed by atoms with E-state index in [2.05, 4.69) is 9.62 Å². The van der Waals surface area contributed by atoms with Crippen molar-refractivity contribution in [2.45, 2.75) is 37.8 Å². The second kappa shape index (κ2) is 7.64. The number of nitrogens with one attached hydrogen (secondary N) is 1. The van der Waals surface area contributed by atoms with E-state index in [4.69, 9.17) is 0 Å². The van der Waals surface area contributed by atoms with Gasteiger partial charge in [-0.1, -0.05) is 24.3 Å². The number of hydrogen-bond donors (Lipinski definition) is 1. The van der Waals surface area contributed by atoms with Gasteiger partial charge in [0.05, 0.1) is 4.90 Å². The van der Waals surface area contributed by atoms with Gasteiger partial charge in [0.25, 0.3) is 0 Å². The molecule has 0 spiro atoms. The van der Waals surface area contributed by atoms with Crippen molar-refractivity contribution in [1.29, 1.82) is 0 Å². The molecule has 134 valence electrons. The molecule has 3 rings (SSSR count). The zero-order chi connectivity index (χ0) is 17.9. The highest BCUT2D eigenvalue weighted by molar-refractivity contribution is 7.89. The summed E-state index contributed by atoms with van der Waals surface area (Å²) < 4.78 is 41.0. The molecule has 0 aliphatic carbocycles. The van der Waals surface area contributed by atoms with Gasteiger partial charge in [-0.25, -0.2) is 17.5 Å². The average Bonchev–Trinajstić information content (AvgIpc) is 3.09. The Bertz CT molecular complexity index is 846. The van der Waals surface area contributed by atoms with Gasteiger partial charge in [0.1, 0.15) is 5.82 Å². The zero-order valence-corrected chi connectivity index (χ0v) is 15.2. The minimum Gasteiger partial charge on any atom is -0.299 e. The summed E-state index contributed by atoms with van der Waals surface area (Å²) in [7, 11) is -3.67. The molecular formula is C19H23FN2O2S. The minimum absolute atomic E-state index is 0.0865. The van der Waals surface area contributed by atoms with Crippen LogP contribution in [0.15, 0.2) is 47.4 Å². The molecule has 0 saturated carbocycles. The van der Waals surface area contributed by atoms with E-state index >= 15 is 0 Å². The van der Waals surface area contributed by atoms with E-state index in [0.29, 0.717) is 5.56 Å². The summed E-state index contributed by atoms with van der Waals surface area (Å²) in [6, 6.07) is 11.7. The maximum atomic E-state index is 13.4. The molecule has 0 bridgehead atoms. The van der Waals surface area contributed by atoms with Crippen LogP contribution < -0.4 is 4.72 Å². The fourth-order valence-corrected chi connectivity index (χ4v) is 4.20. The fraction of sp³-hybridized carbons (Fsp3) is 0.368. The van der Waals surface area contributed by atoms with Gasteiger partial charge in [-0.05, 0) is 67.7 Å². The van der Waals surface area contributed by atoms with Gasteiger partial charge in [-0.3, -0.25) is 4.90 Å². The second-order valence-electron chi connectivity index (χ2n) is 6.49. The van der Waals surface area contributed by atoms with Crippen molar-refractivity contribution in [1.82, 2.24) is 9.62 Å². The van der Waals surface area contributed by atoms with Crippen LogP contribution in [-0.4, -0.2) is 26.4 Å². The summed E-state index contributed by atoms with van der Waals surface area (Å²) in [6.45, 7) is 4.81. The van der Waals surface area contributed by atoms with Gasteiger partial charge < -0.3 is 0 Å². The topological polar surface area (TPSA) is 49.4 Å². The first-order valence-electron chi connectivity index (χ1n) is 8.51. The summed E-state index contributed by atoms with van der Waals surface area (Å²) >= 11 is 0. The molecule has 2 aromatic rings. The molecule has 0 atom stereocenters. The number of hydrogen-bond acceptors (Lipinski definition) is 3. The number of nitrogens with zero attached hydrogens (tertiary/aromatic N) is 1. The Hall–Kier alpha value is -1.76. The Morgan fingerprint density at radius 2 is 1.76 bits per heavy atom. The van der Waals surface area contributed by atoms with Gasteiger partial charge in [-0.2, -0.15) is 0 Å². The second-order valence-corrected chi connectivity index (χ2v) is 8.25. The molecule has 0 amide bonds. The lowest BCUT2D eigenvalue weighted by Crippen LogP contribution is -2.25. The number of likely N-dealkylation sites (tertiary alicyclic amines) is 1. The summed E-state index contributed by atoms with van der Waals surface area (Å²) in [6.07, 6.45) is 2.44. The van der Waals surface area contributed by atoms with Crippen LogP contribution in [0.5, 0.6) is 0 Å². The Labute approximate surface area is 148 Å². The fourth-order valence-electron chi connectivity index (χ4n) is 3.11. The van der Waals surface area contributed by atoms with Crippen LogP contribution in [0.25, 0.3) is 0 Å². The molecule has 4 nitrogen and oxygen atoms in total. The van der Waals surface area contributed by atoms with E-state index in [9.17, 15) is 12.8 Å². The van der Waals surface area contributed by atoms with Gasteiger partial charge in [0.15, 0.2) is 0 Å². The van der Waals surface area contributed by atoms with Gasteiger partial charge >= 0.3 is 0 Å². The van der Waals surface area contributed by atoms with Crippen LogP contribution in [-0.2, 0) is 23.1 Å². The van der Waals surface area contributed by atoms with Crippen LogP contribution >= 0.6 is 0 Å². The molecule has 1 saturated heterocycles. The SMILES string of the molecule is Cc1cc(S(=O)(=O)NCc2ccccc2CN2CCCC2)ccc1F. The highest BCUT2D eigenvalue weighted by Crippen LogP contribution is 2.18. The molecule has 0 aromatic heterocycles. The molecule has 0 unspecified atom stereocenters. The van der Waals surface area contributed by atoms with Crippen LogP contribution in [0.2, 0.25) is 0 Å². The average molecular weight is 362 g/mol. The maximum absolute atomic E-state index is 13.4. The normalized spacial score (nSPS) is 15.6. The van der Waals surface area contributed by atoms with E-state index in [1.165, 1.54) is 31.0 Å². The molecule has 1 aliphatic heterocycles. The van der Waals surface area contributed by atoms with Crippen molar-refractivity contribution in [3.8, 4) is 0 Å². The predicted octanol–water partition coefficient (Wildman–Crippen LogP) is 3.21. The van der Waals surface area contributed by atoms with Crippen LogP contribution in [0, 0.1) is 12.7 Å². The number of aryl methyl sites for hydroxylation is 1. The van der Waals surface area contributed by atoms with Gasteiger partial charge in [0.2, 0.25) is 10.0 Å². The molecule has 0 radical (unpaired) electrons. The Balaban J connectivity index is 1.73. The highest BCUT2D eigenvalue weighted by Gasteiger charge is 2.17. The number of halogens is 1. The Morgan fingerprint density at radius 1 is 1.08 bits per heavy atom. The molecule has 1 N–H and O–H groups in total. The zero-order valence-electron chi connectivity index (χ0n) is 14.3. The van der Waals surface area contributed by atoms with Crippen LogP contribution in [0.4, 0.5) is 4.39 Å². The highest BCUT2D eigenvalue weighted by atomic mass is 32.2. The third kappa shape index (κ3) is 4.45. The number of rotatable bonds is 6. The van der Waals surface area contributed by atoms with E-state index < -0.39 is 15.8 Å². The van der Waals surface area contributed by atoms with Crippen molar-refractivity contribution < 1.29 is 12.8 Å². The molecule has 1 fully saturated rings. The minimum atomic E-state index is -3.67. The van der Waals surface area contributed by atoms with Crippen molar-refractivity contribution in [2.24, 2.45) is 0 Å². The summed E-state index contributed by atoms with van der Waals surface area (Å²) in [5, 5.41) is 0. The van der Waals surface area contributed by atoms with Crippen molar-refractivity contribution in [3.05, 3.63) is 65.0 Å². The smallest absolute Gasteiger partial charge is 0.240 e. The summed E-state index contributed by atoms with van der Waals surface area (Å²) in [4.78, 5) is 2.47. The van der Waals surface area contributed by atoms with Gasteiger partial charge in [0, 0.05) is 13.1 Å². The van der Waals surface area contributed by atoms with Crippen molar-refractivity contribution in [2.75, 3.05) is 13.1 Å². The molecule has 6 heteroatoms. The van der Waals surface area contributed by atoms with Crippen LogP contribution in [0.1, 0.15) is 29.5 Å². The summed E-state index contributed by atoms with van der Waals surface area (Å²) in [5.74, 6) is -0.407. The first kappa shape index (κ1) is 18.0. The monoisotopic (exact) mass is 362 g/mol. The maximum Gasteiger partial charge on any atom is 0.240 e. The molecule has 1 heterocycles. The third-order valence-electron chi connectivity index (χ3n) is 4.60. The van der Waals surface area contributed by atoms with E-state index in [1.807, 2.05) is 24.3 Å². The molecular weight excluding hydrogens is 339 g/mol. The lowest BCUT2D eigenvalue weighted by Gasteiger charge is -2.18. The third-order valence-corrected chi connectivity index (χ3v) is 6.00. The van der Waals surface area contributed by atoms with E-state index in [1.54, 1.807) is 6.92 Å². The Kier molecular flexibility index (Phi) is 5.51. The molecule has 1 aliphatic rings. The van der Waals surface area contributed by atoms with E-state index in [0.717, 1.165) is 30.8 Å². The lowest BCUT2D eigenvalue weighted by atomic mass is 10.1. The predicted molar refractivity (Wildman–Crippen MR) is 96.1 cm³/mol. The number of benzene rings is 2. The summed E-state index contributed by atoms with van der Waals surface area (Å²) in [5.41, 5.74) is 2.43. The largest absolute Gasteiger partial charge is 0.299 e. The van der Waals surface area contributed by atoms with E-state index in [-0.39, 0.29) is 11.4 Å². The van der Waals surface area contributed by atoms with Crippen LogP contribution in [0.3, 0.4) is 0 Å². The number of sulfonamides is 1. The standard InChI is InChI=1S/C19H23FN2O2S/c1-15-12-18(8-9-19(15)20)25(23,24)21-13-16-6-2-3-7-17(16)14-22-10-4-5-11-22/h2-3,6-9,12,21H,4-5,10-11,13-14H2,1H3. The lowest BCUT2D eigenvalue weighted by molar-refractivity contribution is 0.330. The quantitative estimate of drug-likeness (QED) is 0.858. The van der Waals surface area contributed by atoms with Crippen molar-refractivity contribution >= 4 is 10.0 Å². The molecule has 25 heavy (non-hydrogen) atoms. The van der Waals surface area contributed by atoms with Crippen molar-refractivity contribution in [3.63, 3.8) is 0 Å². The van der Waals surface area contributed by atoms with Gasteiger partial charge in [-0.15, -0.1) is 0 Å².